The predicted molar refractivity (Wildman–Crippen MR) is 45.3 cm³/mol. The lowest BCUT2D eigenvalue weighted by Gasteiger charge is -2.11. The highest BCUT2D eigenvalue weighted by Gasteiger charge is 2.22. The highest BCUT2D eigenvalue weighted by atomic mass is 32.1. The summed E-state index contributed by atoms with van der Waals surface area (Å²) in [5, 5.41) is 12.0. The summed E-state index contributed by atoms with van der Waals surface area (Å²) < 4.78 is 0. The quantitative estimate of drug-likeness (QED) is 0.639. The fourth-order valence-electron chi connectivity index (χ4n) is 0.639. The van der Waals surface area contributed by atoms with Crippen molar-refractivity contribution in [2.45, 2.75) is 19.4 Å². The highest BCUT2D eigenvalue weighted by Crippen LogP contribution is 2.22. The largest absolute Gasteiger partial charge is 0.371 e. The van der Waals surface area contributed by atoms with Gasteiger partial charge in [0.25, 0.3) is 0 Å². The first-order valence-corrected chi connectivity index (χ1v) is 4.07. The van der Waals surface area contributed by atoms with Crippen molar-refractivity contribution < 1.29 is 5.11 Å². The van der Waals surface area contributed by atoms with Crippen molar-refractivity contribution in [2.24, 2.45) is 0 Å². The minimum atomic E-state index is -1.21. The smallest absolute Gasteiger partial charge is 0.174 e. The Balaban J connectivity index is 3.04. The van der Waals surface area contributed by atoms with E-state index in [0.717, 1.165) is 5.69 Å². The van der Waals surface area contributed by atoms with E-state index < -0.39 is 5.60 Å². The molecule has 1 rings (SSSR count). The molecule has 1 heterocycles. The Kier molecular flexibility index (Phi) is 1.99. The van der Waals surface area contributed by atoms with Crippen LogP contribution in [0.3, 0.4) is 0 Å². The van der Waals surface area contributed by atoms with Crippen LogP contribution in [0.5, 0.6) is 0 Å². The van der Waals surface area contributed by atoms with Crippen molar-refractivity contribution in [3.63, 3.8) is 0 Å². The molecule has 2 nitrogen and oxygen atoms in total. The van der Waals surface area contributed by atoms with Crippen LogP contribution in [0.15, 0.2) is 5.38 Å². The summed E-state index contributed by atoms with van der Waals surface area (Å²) in [5.74, 6) is 2.27. The van der Waals surface area contributed by atoms with Crippen LogP contribution in [0, 0.1) is 19.3 Å². The first kappa shape index (κ1) is 8.25. The molecule has 1 aromatic rings. The van der Waals surface area contributed by atoms with Crippen LogP contribution in [0.4, 0.5) is 0 Å². The number of hydrogen-bond acceptors (Lipinski definition) is 3. The van der Waals surface area contributed by atoms with E-state index >= 15 is 0 Å². The molecule has 0 aliphatic heterocycles. The number of nitrogens with zero attached hydrogens (tertiary/aromatic N) is 1. The summed E-state index contributed by atoms with van der Waals surface area (Å²) in [5.41, 5.74) is -0.320. The molecule has 1 aromatic heterocycles. The summed E-state index contributed by atoms with van der Waals surface area (Å²) in [4.78, 5) is 4.08. The molecule has 0 aliphatic rings. The van der Waals surface area contributed by atoms with Crippen LogP contribution in [-0.4, -0.2) is 10.1 Å². The second kappa shape index (κ2) is 2.65. The van der Waals surface area contributed by atoms with Gasteiger partial charge in [0, 0.05) is 11.1 Å². The van der Waals surface area contributed by atoms with Gasteiger partial charge in [-0.3, -0.25) is 0 Å². The van der Waals surface area contributed by atoms with Gasteiger partial charge in [0.15, 0.2) is 5.60 Å². The zero-order valence-electron chi connectivity index (χ0n) is 6.46. The predicted octanol–water partition coefficient (Wildman–Crippen LogP) is 1.29. The first-order valence-electron chi connectivity index (χ1n) is 3.19. The molecule has 0 unspecified atom stereocenters. The van der Waals surface area contributed by atoms with Gasteiger partial charge in [0.1, 0.15) is 5.01 Å². The van der Waals surface area contributed by atoms with Gasteiger partial charge in [-0.2, -0.15) is 0 Å². The highest BCUT2D eigenvalue weighted by molar-refractivity contribution is 7.09. The normalized spacial score (nSPS) is 15.5. The van der Waals surface area contributed by atoms with E-state index in [9.17, 15) is 5.11 Å². The average Bonchev–Trinajstić information content (AvgIpc) is 2.36. The lowest BCUT2D eigenvalue weighted by molar-refractivity contribution is 0.122. The fourth-order valence-corrected chi connectivity index (χ4v) is 1.46. The van der Waals surface area contributed by atoms with Crippen molar-refractivity contribution in [1.29, 1.82) is 0 Å². The molecule has 1 N–H and O–H groups in total. The number of aryl methyl sites for hydroxylation is 1. The van der Waals surface area contributed by atoms with Gasteiger partial charge < -0.3 is 5.11 Å². The zero-order chi connectivity index (χ0) is 8.48. The summed E-state index contributed by atoms with van der Waals surface area (Å²) in [6, 6.07) is 0. The minimum absolute atomic E-state index is 0.581. The van der Waals surface area contributed by atoms with E-state index in [2.05, 4.69) is 10.9 Å². The molecule has 0 aliphatic carbocycles. The van der Waals surface area contributed by atoms with Crippen molar-refractivity contribution in [1.82, 2.24) is 4.98 Å². The maximum Gasteiger partial charge on any atom is 0.174 e. The van der Waals surface area contributed by atoms with Gasteiger partial charge in [-0.25, -0.2) is 4.98 Å². The number of terminal acetylenes is 1. The van der Waals surface area contributed by atoms with Crippen LogP contribution in [0.2, 0.25) is 0 Å². The van der Waals surface area contributed by atoms with Crippen LogP contribution in [-0.2, 0) is 5.60 Å². The molecule has 0 spiro atoms. The Hall–Kier alpha value is -0.850. The Morgan fingerprint density at radius 1 is 1.82 bits per heavy atom. The van der Waals surface area contributed by atoms with E-state index in [0.29, 0.717) is 5.01 Å². The second-order valence-electron chi connectivity index (χ2n) is 2.51. The van der Waals surface area contributed by atoms with Gasteiger partial charge in [0.05, 0.1) is 0 Å². The van der Waals surface area contributed by atoms with E-state index in [1.54, 1.807) is 6.92 Å². The summed E-state index contributed by atoms with van der Waals surface area (Å²) in [7, 11) is 0. The number of thiazole rings is 1. The summed E-state index contributed by atoms with van der Waals surface area (Å²) >= 11 is 1.38. The van der Waals surface area contributed by atoms with Crippen molar-refractivity contribution in [3.05, 3.63) is 16.1 Å². The van der Waals surface area contributed by atoms with Crippen LogP contribution >= 0.6 is 11.3 Å². The molecule has 58 valence electrons. The minimum Gasteiger partial charge on any atom is -0.371 e. The maximum atomic E-state index is 9.52. The van der Waals surface area contributed by atoms with Gasteiger partial charge >= 0.3 is 0 Å². The number of rotatable bonds is 1. The van der Waals surface area contributed by atoms with E-state index in [4.69, 9.17) is 6.42 Å². The Morgan fingerprint density at radius 3 is 2.82 bits per heavy atom. The van der Waals surface area contributed by atoms with Gasteiger partial charge in [-0.15, -0.1) is 17.8 Å². The van der Waals surface area contributed by atoms with Crippen molar-refractivity contribution in [2.75, 3.05) is 0 Å². The topological polar surface area (TPSA) is 33.1 Å². The van der Waals surface area contributed by atoms with Crippen LogP contribution in [0.25, 0.3) is 0 Å². The van der Waals surface area contributed by atoms with Gasteiger partial charge in [-0.05, 0) is 13.8 Å². The third-order valence-corrected chi connectivity index (χ3v) is 2.49. The average molecular weight is 167 g/mol. The molecule has 0 aromatic carbocycles. The third-order valence-electron chi connectivity index (χ3n) is 1.32. The van der Waals surface area contributed by atoms with E-state index in [1.165, 1.54) is 11.3 Å². The number of hydrogen-bond donors (Lipinski definition) is 1. The Bertz CT molecular complexity index is 295. The molecule has 3 heteroatoms. The molecule has 0 saturated carbocycles. The molecule has 0 fully saturated rings. The first-order chi connectivity index (χ1) is 5.06. The second-order valence-corrected chi connectivity index (χ2v) is 3.37. The molecule has 0 saturated heterocycles. The molecule has 0 amide bonds. The monoisotopic (exact) mass is 167 g/mol. The zero-order valence-corrected chi connectivity index (χ0v) is 7.27. The van der Waals surface area contributed by atoms with Gasteiger partial charge in [-0.1, -0.05) is 5.92 Å². The van der Waals surface area contributed by atoms with Gasteiger partial charge in [0.2, 0.25) is 0 Å². The Labute approximate surface area is 69.9 Å². The number of aliphatic hydroxyl groups is 1. The van der Waals surface area contributed by atoms with Crippen molar-refractivity contribution >= 4 is 11.3 Å². The Morgan fingerprint density at radius 2 is 2.45 bits per heavy atom. The number of aromatic nitrogens is 1. The summed E-state index contributed by atoms with van der Waals surface area (Å²) in [6.45, 7) is 3.43. The standard InChI is InChI=1S/C8H9NOS/c1-4-8(3,10)7-9-6(2)5-11-7/h1,5,10H,2-3H3/t8-/m0/s1. The summed E-state index contributed by atoms with van der Waals surface area (Å²) in [6.07, 6.45) is 5.11. The maximum absolute atomic E-state index is 9.52. The fraction of sp³-hybridized carbons (Fsp3) is 0.375. The van der Waals surface area contributed by atoms with Crippen LogP contribution < -0.4 is 0 Å². The lowest BCUT2D eigenvalue weighted by Crippen LogP contribution is -2.17. The van der Waals surface area contributed by atoms with E-state index in [-0.39, 0.29) is 0 Å². The third kappa shape index (κ3) is 1.59. The molecule has 1 atom stereocenters. The lowest BCUT2D eigenvalue weighted by atomic mass is 10.1. The van der Waals surface area contributed by atoms with Crippen LogP contribution in [0.1, 0.15) is 17.6 Å². The molecule has 11 heavy (non-hydrogen) atoms. The molecule has 0 radical (unpaired) electrons. The molecule has 0 bridgehead atoms. The van der Waals surface area contributed by atoms with Crippen molar-refractivity contribution in [3.8, 4) is 12.3 Å². The molecular weight excluding hydrogens is 158 g/mol. The van der Waals surface area contributed by atoms with E-state index in [1.807, 2.05) is 12.3 Å². The molecular formula is C8H9NOS. The SMILES string of the molecule is C#C[C@](C)(O)c1nc(C)cs1.